The Hall–Kier alpha value is -2.17. The molecule has 0 saturated heterocycles. The summed E-state index contributed by atoms with van der Waals surface area (Å²) in [4.78, 5) is 20.6. The molecule has 7 heteroatoms. The fourth-order valence-electron chi connectivity index (χ4n) is 5.81. The molecule has 194 valence electrons. The van der Waals surface area contributed by atoms with Crippen LogP contribution >= 0.6 is 0 Å². The number of hydrogen-bond acceptors (Lipinski definition) is 4. The first-order valence-electron chi connectivity index (χ1n) is 12.9. The van der Waals surface area contributed by atoms with Crippen molar-refractivity contribution < 1.29 is 18.7 Å². The van der Waals surface area contributed by atoms with Gasteiger partial charge in [0.25, 0.3) is 0 Å². The van der Waals surface area contributed by atoms with Crippen LogP contribution in [0.25, 0.3) is 11.0 Å². The minimum absolute atomic E-state index is 0.0473. The first kappa shape index (κ1) is 26.9. The van der Waals surface area contributed by atoms with E-state index in [0.717, 1.165) is 58.9 Å². The molecule has 0 saturated carbocycles. The number of nitrogens with zero attached hydrogens (tertiary/aromatic N) is 1. The van der Waals surface area contributed by atoms with Crippen molar-refractivity contribution in [2.75, 3.05) is 13.7 Å². The third-order valence-electron chi connectivity index (χ3n) is 7.68. The van der Waals surface area contributed by atoms with Gasteiger partial charge in [-0.15, -0.1) is 0 Å². The van der Waals surface area contributed by atoms with Gasteiger partial charge in [0.2, 0.25) is 0 Å². The number of halogens is 1. The molecular formula is C29H38AsFN2O3. The number of aromatic amines is 1. The van der Waals surface area contributed by atoms with Gasteiger partial charge in [0, 0.05) is 0 Å². The van der Waals surface area contributed by atoms with Crippen LogP contribution in [0.4, 0.5) is 4.39 Å². The maximum absolute atomic E-state index is 14.1. The van der Waals surface area contributed by atoms with E-state index in [2.05, 4.69) is 30.6 Å². The van der Waals surface area contributed by atoms with Crippen LogP contribution in [0, 0.1) is 11.7 Å². The average molecular weight is 557 g/mol. The second-order valence-corrected chi connectivity index (χ2v) is 15.8. The molecular weight excluding hydrogens is 518 g/mol. The van der Waals surface area contributed by atoms with Crippen molar-refractivity contribution in [2.45, 2.75) is 73.6 Å². The normalized spacial score (nSPS) is 20.4. The van der Waals surface area contributed by atoms with Crippen LogP contribution < -0.4 is 0 Å². The minimum atomic E-state index is -1.09. The molecule has 5 nitrogen and oxygen atoms in total. The number of carbonyl (C=O) groups excluding carboxylic acids is 1. The van der Waals surface area contributed by atoms with Crippen molar-refractivity contribution in [3.8, 4) is 0 Å². The van der Waals surface area contributed by atoms with Crippen LogP contribution in [-0.4, -0.2) is 50.4 Å². The van der Waals surface area contributed by atoms with Gasteiger partial charge in [-0.3, -0.25) is 0 Å². The number of para-hydroxylation sites is 2. The Bertz CT molecular complexity index is 1150. The van der Waals surface area contributed by atoms with E-state index >= 15 is 0 Å². The number of esters is 1. The molecule has 3 atom stereocenters. The summed E-state index contributed by atoms with van der Waals surface area (Å²) in [6.45, 7) is 4.38. The van der Waals surface area contributed by atoms with E-state index in [-0.39, 0.29) is 35.8 Å². The standard InChI is InChI=1S/C29H38AsFN2O3/c1-20(2)29(15-17-30(3)16-7-10-27-32-24-8-5-6-9-25(24)33-27)23-13-12-22(31)18-21(23)11-14-26(29)36-28(34)19-35-4/h5-6,8-9,12-13,18,20,26H,7,10-11,14-17,19H2,1-4H3,(H,32,33). The zero-order valence-electron chi connectivity index (χ0n) is 21.9. The summed E-state index contributed by atoms with van der Waals surface area (Å²) in [6, 6.07) is 13.3. The quantitative estimate of drug-likeness (QED) is 0.224. The number of aryl methyl sites for hydroxylation is 2. The average Bonchev–Trinajstić information content (AvgIpc) is 3.26. The predicted molar refractivity (Wildman–Crippen MR) is 143 cm³/mol. The summed E-state index contributed by atoms with van der Waals surface area (Å²) >= 11 is -1.09. The summed E-state index contributed by atoms with van der Waals surface area (Å²) in [5.74, 6) is 0.788. The van der Waals surface area contributed by atoms with E-state index in [1.165, 1.54) is 12.3 Å². The van der Waals surface area contributed by atoms with Gasteiger partial charge in [-0.05, 0) is 0 Å². The van der Waals surface area contributed by atoms with Gasteiger partial charge in [0.15, 0.2) is 0 Å². The number of rotatable bonds is 11. The molecule has 0 amide bonds. The van der Waals surface area contributed by atoms with Crippen LogP contribution in [0.15, 0.2) is 42.5 Å². The predicted octanol–water partition coefficient (Wildman–Crippen LogP) is 6.25. The maximum atomic E-state index is 14.1. The Morgan fingerprint density at radius 2 is 2.06 bits per heavy atom. The number of fused-ring (bicyclic) bond motifs is 2. The number of aromatic nitrogens is 2. The Morgan fingerprint density at radius 1 is 1.25 bits per heavy atom. The van der Waals surface area contributed by atoms with E-state index in [1.807, 2.05) is 24.3 Å². The van der Waals surface area contributed by atoms with Gasteiger partial charge < -0.3 is 0 Å². The summed E-state index contributed by atoms with van der Waals surface area (Å²) in [6.07, 6.45) is 4.25. The van der Waals surface area contributed by atoms with Crippen LogP contribution in [0.2, 0.25) is 16.1 Å². The van der Waals surface area contributed by atoms with Crippen LogP contribution in [0.5, 0.6) is 0 Å². The number of H-pyrrole nitrogens is 1. The molecule has 4 rings (SSSR count). The van der Waals surface area contributed by atoms with Crippen molar-refractivity contribution in [3.05, 3.63) is 65.2 Å². The molecule has 0 aliphatic heterocycles. The number of hydrogen-bond donors (Lipinski definition) is 1. The molecule has 3 aromatic rings. The molecule has 0 bridgehead atoms. The third-order valence-corrected chi connectivity index (χ3v) is 12.0. The molecule has 1 heterocycles. The van der Waals surface area contributed by atoms with Gasteiger partial charge in [-0.25, -0.2) is 0 Å². The summed E-state index contributed by atoms with van der Waals surface area (Å²) in [5.41, 5.74) is 6.47. The summed E-state index contributed by atoms with van der Waals surface area (Å²) in [7, 11) is 1.51. The van der Waals surface area contributed by atoms with Crippen molar-refractivity contribution >= 4 is 31.7 Å². The molecule has 1 N–H and O–H groups in total. The molecule has 0 fully saturated rings. The molecule has 1 aliphatic carbocycles. The first-order valence-corrected chi connectivity index (χ1v) is 17.5. The monoisotopic (exact) mass is 556 g/mol. The van der Waals surface area contributed by atoms with Gasteiger partial charge in [-0.2, -0.15) is 0 Å². The fraction of sp³-hybridized carbons (Fsp3) is 0.517. The van der Waals surface area contributed by atoms with Gasteiger partial charge >= 0.3 is 219 Å². The fourth-order valence-corrected chi connectivity index (χ4v) is 9.32. The number of benzene rings is 2. The Labute approximate surface area is 218 Å². The van der Waals surface area contributed by atoms with E-state index in [4.69, 9.17) is 14.5 Å². The number of nitrogens with one attached hydrogen (secondary N) is 1. The molecule has 36 heavy (non-hydrogen) atoms. The second kappa shape index (κ2) is 11.9. The third kappa shape index (κ3) is 5.86. The van der Waals surface area contributed by atoms with E-state index in [1.54, 1.807) is 12.1 Å². The van der Waals surface area contributed by atoms with Gasteiger partial charge in [0.1, 0.15) is 0 Å². The zero-order chi connectivity index (χ0) is 25.7. The van der Waals surface area contributed by atoms with E-state index in [0.29, 0.717) is 6.42 Å². The number of imidazole rings is 1. The van der Waals surface area contributed by atoms with Crippen LogP contribution in [-0.2, 0) is 32.5 Å². The van der Waals surface area contributed by atoms with E-state index in [9.17, 15) is 9.18 Å². The number of ether oxygens (including phenoxy) is 2. The number of methoxy groups -OCH3 is 1. The zero-order valence-corrected chi connectivity index (χ0v) is 23.7. The molecule has 0 spiro atoms. The first-order chi connectivity index (χ1) is 17.3. The van der Waals surface area contributed by atoms with Crippen molar-refractivity contribution in [3.63, 3.8) is 0 Å². The molecule has 1 aliphatic rings. The summed E-state index contributed by atoms with van der Waals surface area (Å²) in [5, 5.41) is 2.39. The van der Waals surface area contributed by atoms with Crippen molar-refractivity contribution in [1.29, 1.82) is 0 Å². The topological polar surface area (TPSA) is 64.2 Å². The SMILES string of the molecule is COCC(=O)OC1CCc2cc(F)ccc2C1(CC[As](C)CCCc1nc2ccccc2[nH]1)C(C)C. The second-order valence-electron chi connectivity index (χ2n) is 10.3. The van der Waals surface area contributed by atoms with E-state index < -0.39 is 14.7 Å². The Kier molecular flexibility index (Phi) is 8.90. The van der Waals surface area contributed by atoms with Crippen LogP contribution in [0.3, 0.4) is 0 Å². The molecule has 3 unspecified atom stereocenters. The molecule has 2 aromatic carbocycles. The number of carbonyl (C=O) groups is 1. The van der Waals surface area contributed by atoms with Crippen molar-refractivity contribution in [2.24, 2.45) is 5.92 Å². The van der Waals surface area contributed by atoms with Crippen LogP contribution in [0.1, 0.15) is 50.1 Å². The molecule has 0 radical (unpaired) electrons. The van der Waals surface area contributed by atoms with Crippen molar-refractivity contribution in [1.82, 2.24) is 9.97 Å². The Morgan fingerprint density at radius 3 is 2.81 bits per heavy atom. The molecule has 1 aromatic heterocycles. The Balaban J connectivity index is 1.46. The van der Waals surface area contributed by atoms with Gasteiger partial charge in [0.05, 0.1) is 0 Å². The summed E-state index contributed by atoms with van der Waals surface area (Å²) < 4.78 is 25.2. The van der Waals surface area contributed by atoms with Gasteiger partial charge in [-0.1, -0.05) is 0 Å².